The van der Waals surface area contributed by atoms with Crippen LogP contribution in [0, 0.1) is 5.92 Å². The highest BCUT2D eigenvalue weighted by atomic mass is 79.9. The molecule has 0 aliphatic rings. The van der Waals surface area contributed by atoms with Crippen molar-refractivity contribution in [3.8, 4) is 0 Å². The van der Waals surface area contributed by atoms with Crippen molar-refractivity contribution < 1.29 is 0 Å². The van der Waals surface area contributed by atoms with Crippen molar-refractivity contribution >= 4 is 31.9 Å². The molecule has 4 heteroatoms. The molecule has 1 unspecified atom stereocenters. The summed E-state index contributed by atoms with van der Waals surface area (Å²) < 4.78 is 2.16. The Hall–Kier alpha value is 0.1000. The van der Waals surface area contributed by atoms with Crippen molar-refractivity contribution in [3.05, 3.63) is 32.7 Å². The second-order valence-corrected chi connectivity index (χ2v) is 6.62. The van der Waals surface area contributed by atoms with Gasteiger partial charge in [-0.3, -0.25) is 4.90 Å². The van der Waals surface area contributed by atoms with Crippen LogP contribution in [0.3, 0.4) is 0 Å². The predicted molar refractivity (Wildman–Crippen MR) is 85.7 cm³/mol. The quantitative estimate of drug-likeness (QED) is 0.805. The summed E-state index contributed by atoms with van der Waals surface area (Å²) in [7, 11) is 0. The molecule has 2 nitrogen and oxygen atoms in total. The van der Waals surface area contributed by atoms with Crippen molar-refractivity contribution in [2.75, 3.05) is 19.6 Å². The van der Waals surface area contributed by atoms with Crippen molar-refractivity contribution in [1.82, 2.24) is 4.90 Å². The first-order valence-corrected chi connectivity index (χ1v) is 7.97. The lowest BCUT2D eigenvalue weighted by atomic mass is 10.0. The van der Waals surface area contributed by atoms with Gasteiger partial charge in [-0.05, 0) is 62.0 Å². The molecule has 1 aromatic carbocycles. The van der Waals surface area contributed by atoms with Crippen molar-refractivity contribution in [2.45, 2.75) is 26.8 Å². The largest absolute Gasteiger partial charge is 0.329 e. The number of nitrogens with two attached hydrogens (primary N) is 1. The Bertz CT molecular complexity index is 380. The van der Waals surface area contributed by atoms with E-state index in [2.05, 4.69) is 75.7 Å². The SMILES string of the molecule is CCN(CC(C)C)C(CN)c1ccc(Br)c(Br)c1. The zero-order valence-electron chi connectivity index (χ0n) is 11.3. The van der Waals surface area contributed by atoms with Gasteiger partial charge in [0.2, 0.25) is 0 Å². The molecule has 0 aliphatic heterocycles. The van der Waals surface area contributed by atoms with E-state index in [0.717, 1.165) is 22.0 Å². The van der Waals surface area contributed by atoms with Crippen LogP contribution in [0.15, 0.2) is 27.1 Å². The third-order valence-corrected chi connectivity index (χ3v) is 4.88. The predicted octanol–water partition coefficient (Wildman–Crippen LogP) is 4.19. The third-order valence-electron chi connectivity index (χ3n) is 3.00. The van der Waals surface area contributed by atoms with Crippen LogP contribution in [0.2, 0.25) is 0 Å². The normalized spacial score (nSPS) is 13.3. The highest BCUT2D eigenvalue weighted by Gasteiger charge is 2.19. The van der Waals surface area contributed by atoms with Crippen LogP contribution >= 0.6 is 31.9 Å². The minimum absolute atomic E-state index is 0.293. The molecule has 0 heterocycles. The molecule has 0 saturated carbocycles. The monoisotopic (exact) mass is 376 g/mol. The molecule has 1 rings (SSSR count). The van der Waals surface area contributed by atoms with Gasteiger partial charge in [-0.1, -0.05) is 26.8 Å². The number of likely N-dealkylation sites (N-methyl/N-ethyl adjacent to an activating group) is 1. The van der Waals surface area contributed by atoms with Crippen LogP contribution in [0.25, 0.3) is 0 Å². The van der Waals surface area contributed by atoms with E-state index in [1.807, 2.05) is 0 Å². The molecule has 0 saturated heterocycles. The second kappa shape index (κ2) is 7.63. The summed E-state index contributed by atoms with van der Waals surface area (Å²) >= 11 is 7.06. The fourth-order valence-electron chi connectivity index (χ4n) is 2.16. The number of rotatable bonds is 6. The van der Waals surface area contributed by atoms with Crippen molar-refractivity contribution in [3.63, 3.8) is 0 Å². The van der Waals surface area contributed by atoms with Gasteiger partial charge in [-0.2, -0.15) is 0 Å². The number of hydrogen-bond acceptors (Lipinski definition) is 2. The van der Waals surface area contributed by atoms with Crippen LogP contribution < -0.4 is 5.73 Å². The summed E-state index contributed by atoms with van der Waals surface area (Å²) in [6, 6.07) is 6.67. The molecule has 0 bridgehead atoms. The van der Waals surface area contributed by atoms with Crippen LogP contribution in [0.4, 0.5) is 0 Å². The third kappa shape index (κ3) is 4.34. The Morgan fingerprint density at radius 1 is 1.22 bits per heavy atom. The lowest BCUT2D eigenvalue weighted by Gasteiger charge is -2.31. The molecule has 0 radical (unpaired) electrons. The zero-order valence-corrected chi connectivity index (χ0v) is 14.5. The molecule has 1 aromatic rings. The minimum Gasteiger partial charge on any atom is -0.329 e. The van der Waals surface area contributed by atoms with E-state index in [9.17, 15) is 0 Å². The van der Waals surface area contributed by atoms with Gasteiger partial charge in [0.05, 0.1) is 0 Å². The van der Waals surface area contributed by atoms with E-state index in [4.69, 9.17) is 5.73 Å². The highest BCUT2D eigenvalue weighted by molar-refractivity contribution is 9.13. The van der Waals surface area contributed by atoms with E-state index in [0.29, 0.717) is 18.5 Å². The number of hydrogen-bond donors (Lipinski definition) is 1. The van der Waals surface area contributed by atoms with Crippen LogP contribution in [0.5, 0.6) is 0 Å². The summed E-state index contributed by atoms with van der Waals surface area (Å²) in [6.07, 6.45) is 0. The Balaban J connectivity index is 2.95. The van der Waals surface area contributed by atoms with Crippen molar-refractivity contribution in [1.29, 1.82) is 0 Å². The van der Waals surface area contributed by atoms with Gasteiger partial charge in [0.15, 0.2) is 0 Å². The van der Waals surface area contributed by atoms with Crippen LogP contribution in [-0.4, -0.2) is 24.5 Å². The van der Waals surface area contributed by atoms with Gasteiger partial charge < -0.3 is 5.73 Å². The van der Waals surface area contributed by atoms with Gasteiger partial charge in [-0.15, -0.1) is 0 Å². The average Bonchev–Trinajstić information content (AvgIpc) is 2.32. The van der Waals surface area contributed by atoms with E-state index >= 15 is 0 Å². The summed E-state index contributed by atoms with van der Waals surface area (Å²) in [5, 5.41) is 0. The molecule has 0 spiro atoms. The van der Waals surface area contributed by atoms with E-state index in [1.165, 1.54) is 5.56 Å². The fourth-order valence-corrected chi connectivity index (χ4v) is 2.80. The maximum absolute atomic E-state index is 5.98. The average molecular weight is 378 g/mol. The number of nitrogens with zero attached hydrogens (tertiary/aromatic N) is 1. The van der Waals surface area contributed by atoms with Crippen molar-refractivity contribution in [2.24, 2.45) is 11.7 Å². The minimum atomic E-state index is 0.293. The first-order valence-electron chi connectivity index (χ1n) is 6.38. The standard InChI is InChI=1S/C14H22Br2N2/c1-4-18(9-10(2)3)14(8-17)11-5-6-12(15)13(16)7-11/h5-7,10,14H,4,8-9,17H2,1-3H3. The fraction of sp³-hybridized carbons (Fsp3) is 0.571. The summed E-state index contributed by atoms with van der Waals surface area (Å²) in [5.41, 5.74) is 7.25. The summed E-state index contributed by atoms with van der Waals surface area (Å²) in [4.78, 5) is 2.44. The lowest BCUT2D eigenvalue weighted by molar-refractivity contribution is 0.189. The zero-order chi connectivity index (χ0) is 13.7. The molecule has 0 aliphatic carbocycles. The Kier molecular flexibility index (Phi) is 6.85. The number of benzene rings is 1. The Labute approximate surface area is 127 Å². The molecular weight excluding hydrogens is 356 g/mol. The Morgan fingerprint density at radius 3 is 2.33 bits per heavy atom. The number of halogens is 2. The Morgan fingerprint density at radius 2 is 1.89 bits per heavy atom. The van der Waals surface area contributed by atoms with Crippen LogP contribution in [0.1, 0.15) is 32.4 Å². The highest BCUT2D eigenvalue weighted by Crippen LogP contribution is 2.28. The molecule has 1 atom stereocenters. The molecule has 2 N–H and O–H groups in total. The molecule has 102 valence electrons. The van der Waals surface area contributed by atoms with E-state index in [1.54, 1.807) is 0 Å². The lowest BCUT2D eigenvalue weighted by Crippen LogP contribution is -2.36. The molecule has 0 amide bonds. The van der Waals surface area contributed by atoms with Gasteiger partial charge >= 0.3 is 0 Å². The second-order valence-electron chi connectivity index (χ2n) is 4.91. The summed E-state index contributed by atoms with van der Waals surface area (Å²) in [6.45, 7) is 9.43. The first-order chi connectivity index (χ1) is 8.49. The maximum atomic E-state index is 5.98. The smallest absolute Gasteiger partial charge is 0.0470 e. The molecule has 0 fully saturated rings. The molecular formula is C14H22Br2N2. The van der Waals surface area contributed by atoms with E-state index in [-0.39, 0.29) is 0 Å². The first kappa shape index (κ1) is 16.2. The molecule has 0 aromatic heterocycles. The van der Waals surface area contributed by atoms with Gasteiger partial charge in [0.1, 0.15) is 0 Å². The topological polar surface area (TPSA) is 29.3 Å². The van der Waals surface area contributed by atoms with Gasteiger partial charge in [-0.25, -0.2) is 0 Å². The maximum Gasteiger partial charge on any atom is 0.0470 e. The van der Waals surface area contributed by atoms with E-state index < -0.39 is 0 Å². The van der Waals surface area contributed by atoms with Gasteiger partial charge in [0, 0.05) is 28.1 Å². The molecule has 18 heavy (non-hydrogen) atoms. The van der Waals surface area contributed by atoms with Crippen LogP contribution in [-0.2, 0) is 0 Å². The van der Waals surface area contributed by atoms with Gasteiger partial charge in [0.25, 0.3) is 0 Å². The summed E-state index contributed by atoms with van der Waals surface area (Å²) in [5.74, 6) is 0.651.